The van der Waals surface area contributed by atoms with Crippen molar-refractivity contribution in [1.29, 1.82) is 0 Å². The second-order valence-electron chi connectivity index (χ2n) is 3.92. The van der Waals surface area contributed by atoms with Crippen LogP contribution in [0.15, 0.2) is 0 Å². The molecule has 1 rings (SSSR count). The zero-order valence-corrected chi connectivity index (χ0v) is 10.7. The Hall–Kier alpha value is -0.910. The first kappa shape index (κ1) is 18.1. The van der Waals surface area contributed by atoms with E-state index in [1.807, 2.05) is 0 Å². The SMILES string of the molecule is NS(=O)(=O)CNCCC1CNC1.O=C(O)C(F)(F)F. The van der Waals surface area contributed by atoms with Crippen molar-refractivity contribution < 1.29 is 31.5 Å². The Bertz CT molecular complexity index is 381. The topological polar surface area (TPSA) is 122 Å². The second-order valence-corrected chi connectivity index (χ2v) is 5.54. The van der Waals surface area contributed by atoms with Crippen LogP contribution in [0.2, 0.25) is 0 Å². The molecule has 1 aliphatic rings. The van der Waals surface area contributed by atoms with Gasteiger partial charge in [0, 0.05) is 0 Å². The molecular weight excluding hydrogens is 291 g/mol. The van der Waals surface area contributed by atoms with Gasteiger partial charge in [-0.1, -0.05) is 0 Å². The lowest BCUT2D eigenvalue weighted by Crippen LogP contribution is -2.43. The van der Waals surface area contributed by atoms with Gasteiger partial charge in [-0.25, -0.2) is 18.4 Å². The van der Waals surface area contributed by atoms with Crippen LogP contribution in [0, 0.1) is 5.92 Å². The Morgan fingerprint density at radius 3 is 2.16 bits per heavy atom. The summed E-state index contributed by atoms with van der Waals surface area (Å²) in [6, 6.07) is 0. The first-order valence-electron chi connectivity index (χ1n) is 5.24. The number of alkyl halides is 3. The van der Waals surface area contributed by atoms with Crippen LogP contribution < -0.4 is 15.8 Å². The summed E-state index contributed by atoms with van der Waals surface area (Å²) in [6.07, 6.45) is -4.07. The first-order valence-corrected chi connectivity index (χ1v) is 6.96. The van der Waals surface area contributed by atoms with Crippen molar-refractivity contribution in [2.45, 2.75) is 12.6 Å². The molecule has 0 aromatic carbocycles. The second kappa shape index (κ2) is 7.62. The molecule has 0 saturated carbocycles. The molecule has 1 saturated heterocycles. The van der Waals surface area contributed by atoms with E-state index in [2.05, 4.69) is 10.6 Å². The third-order valence-corrected chi connectivity index (χ3v) is 2.75. The molecule has 1 heterocycles. The van der Waals surface area contributed by atoms with Crippen molar-refractivity contribution in [2.24, 2.45) is 11.1 Å². The van der Waals surface area contributed by atoms with Crippen molar-refractivity contribution in [3.63, 3.8) is 0 Å². The molecule has 5 N–H and O–H groups in total. The summed E-state index contributed by atoms with van der Waals surface area (Å²) in [5.74, 6) is -2.17. The Morgan fingerprint density at radius 2 is 1.89 bits per heavy atom. The number of sulfonamides is 1. The molecule has 11 heteroatoms. The Labute approximate surface area is 108 Å². The molecule has 7 nitrogen and oxygen atoms in total. The highest BCUT2D eigenvalue weighted by molar-refractivity contribution is 7.89. The van der Waals surface area contributed by atoms with Gasteiger partial charge in [-0.15, -0.1) is 0 Å². The van der Waals surface area contributed by atoms with Crippen LogP contribution in [0.1, 0.15) is 6.42 Å². The van der Waals surface area contributed by atoms with E-state index in [1.165, 1.54) is 0 Å². The standard InChI is InChI=1S/C6H15N3O2S.C2HF3O2/c7-12(10,11)5-8-2-1-6-3-9-4-6;3-2(4,5)1(6)7/h6,8-9H,1-5H2,(H2,7,10,11);(H,6,7). The quantitative estimate of drug-likeness (QED) is 0.487. The maximum absolute atomic E-state index is 10.6. The number of carboxylic acids is 1. The summed E-state index contributed by atoms with van der Waals surface area (Å²) in [7, 11) is -3.34. The molecule has 0 aromatic rings. The smallest absolute Gasteiger partial charge is 0.475 e. The lowest BCUT2D eigenvalue weighted by atomic mass is 10.00. The van der Waals surface area contributed by atoms with Crippen LogP contribution in [0.3, 0.4) is 0 Å². The molecule has 0 bridgehead atoms. The maximum atomic E-state index is 10.6. The number of primary sulfonamides is 1. The minimum Gasteiger partial charge on any atom is -0.475 e. The fourth-order valence-electron chi connectivity index (χ4n) is 1.07. The molecular formula is C8H16F3N3O4S. The van der Waals surface area contributed by atoms with Crippen molar-refractivity contribution in [3.8, 4) is 0 Å². The molecule has 1 fully saturated rings. The molecule has 0 atom stereocenters. The molecule has 0 radical (unpaired) electrons. The van der Waals surface area contributed by atoms with E-state index >= 15 is 0 Å². The van der Waals surface area contributed by atoms with E-state index in [-0.39, 0.29) is 5.88 Å². The molecule has 0 aliphatic carbocycles. The summed E-state index contributed by atoms with van der Waals surface area (Å²) in [6.45, 7) is 2.83. The Kier molecular flexibility index (Phi) is 7.26. The third-order valence-electron chi connectivity index (χ3n) is 2.14. The number of halogens is 3. The molecule has 0 aromatic heterocycles. The van der Waals surface area contributed by atoms with Crippen molar-refractivity contribution in [3.05, 3.63) is 0 Å². The van der Waals surface area contributed by atoms with E-state index in [1.54, 1.807) is 0 Å². The largest absolute Gasteiger partial charge is 0.490 e. The van der Waals surface area contributed by atoms with Gasteiger partial charge in [-0.2, -0.15) is 13.2 Å². The predicted octanol–water partition coefficient (Wildman–Crippen LogP) is -0.935. The molecule has 1 aliphatic heterocycles. The van der Waals surface area contributed by atoms with Crippen LogP contribution in [-0.2, 0) is 14.8 Å². The van der Waals surface area contributed by atoms with E-state index < -0.39 is 22.2 Å². The van der Waals surface area contributed by atoms with E-state index in [4.69, 9.17) is 15.0 Å². The van der Waals surface area contributed by atoms with Crippen molar-refractivity contribution >= 4 is 16.0 Å². The van der Waals surface area contributed by atoms with Gasteiger partial charge in [-0.3, -0.25) is 0 Å². The van der Waals surface area contributed by atoms with E-state index in [0.29, 0.717) is 5.92 Å². The van der Waals surface area contributed by atoms with Gasteiger partial charge in [0.15, 0.2) is 0 Å². The summed E-state index contributed by atoms with van der Waals surface area (Å²) in [5.41, 5.74) is 0. The van der Waals surface area contributed by atoms with Crippen LogP contribution in [-0.4, -0.2) is 51.2 Å². The normalized spacial score (nSPS) is 16.2. The number of carbonyl (C=O) groups is 1. The monoisotopic (exact) mass is 307 g/mol. The minimum absolute atomic E-state index is 0.118. The number of aliphatic carboxylic acids is 1. The number of carboxylic acid groups (broad SMARTS) is 1. The molecule has 19 heavy (non-hydrogen) atoms. The fraction of sp³-hybridized carbons (Fsp3) is 0.875. The number of hydrogen-bond donors (Lipinski definition) is 4. The van der Waals surface area contributed by atoms with Crippen LogP contribution in [0.25, 0.3) is 0 Å². The third kappa shape index (κ3) is 10.7. The fourth-order valence-corrected chi connectivity index (χ4v) is 1.50. The maximum Gasteiger partial charge on any atom is 0.490 e. The number of hydrogen-bond acceptors (Lipinski definition) is 5. The average molecular weight is 307 g/mol. The average Bonchev–Trinajstić information content (AvgIpc) is 2.12. The highest BCUT2D eigenvalue weighted by Gasteiger charge is 2.38. The van der Waals surface area contributed by atoms with Gasteiger partial charge in [0.05, 0.1) is 0 Å². The van der Waals surface area contributed by atoms with E-state index in [9.17, 15) is 21.6 Å². The van der Waals surface area contributed by atoms with Gasteiger partial charge in [0.1, 0.15) is 5.88 Å². The molecule has 0 spiro atoms. The number of nitrogens with one attached hydrogen (secondary N) is 2. The van der Waals surface area contributed by atoms with Crippen LogP contribution >= 0.6 is 0 Å². The van der Waals surface area contributed by atoms with Gasteiger partial charge >= 0.3 is 12.1 Å². The number of nitrogens with two attached hydrogens (primary N) is 1. The minimum atomic E-state index is -5.08. The lowest BCUT2D eigenvalue weighted by molar-refractivity contribution is -0.192. The highest BCUT2D eigenvalue weighted by atomic mass is 32.2. The summed E-state index contributed by atoms with van der Waals surface area (Å²) in [5, 5.41) is 17.9. The van der Waals surface area contributed by atoms with Crippen molar-refractivity contribution in [1.82, 2.24) is 10.6 Å². The highest BCUT2D eigenvalue weighted by Crippen LogP contribution is 2.13. The van der Waals surface area contributed by atoms with Crippen LogP contribution in [0.5, 0.6) is 0 Å². The summed E-state index contributed by atoms with van der Waals surface area (Å²) < 4.78 is 52.7. The first-order chi connectivity index (χ1) is 8.52. The summed E-state index contributed by atoms with van der Waals surface area (Å²) in [4.78, 5) is 8.90. The molecule has 0 amide bonds. The Balaban J connectivity index is 0.000000399. The Morgan fingerprint density at radius 1 is 1.42 bits per heavy atom. The van der Waals surface area contributed by atoms with Crippen molar-refractivity contribution in [2.75, 3.05) is 25.5 Å². The van der Waals surface area contributed by atoms with Gasteiger partial charge in [-0.05, 0) is 32.0 Å². The molecule has 0 unspecified atom stereocenters. The van der Waals surface area contributed by atoms with Crippen LogP contribution in [0.4, 0.5) is 13.2 Å². The van der Waals surface area contributed by atoms with E-state index in [0.717, 1.165) is 26.1 Å². The zero-order chi connectivity index (χ0) is 15.1. The zero-order valence-electron chi connectivity index (χ0n) is 9.90. The van der Waals surface area contributed by atoms with Gasteiger partial charge in [0.25, 0.3) is 0 Å². The van der Waals surface area contributed by atoms with Gasteiger partial charge in [0.2, 0.25) is 10.0 Å². The summed E-state index contributed by atoms with van der Waals surface area (Å²) >= 11 is 0. The predicted molar refractivity (Wildman–Crippen MR) is 60.6 cm³/mol. The number of rotatable bonds is 5. The molecule has 114 valence electrons. The van der Waals surface area contributed by atoms with Gasteiger partial charge < -0.3 is 15.7 Å². The lowest BCUT2D eigenvalue weighted by Gasteiger charge is -2.26.